The van der Waals surface area contributed by atoms with E-state index in [1.54, 1.807) is 10.7 Å². The van der Waals surface area contributed by atoms with Gasteiger partial charge in [-0.3, -0.25) is 0 Å². The second-order valence-corrected chi connectivity index (χ2v) is 10.3. The molecule has 0 amide bonds. The summed E-state index contributed by atoms with van der Waals surface area (Å²) in [6, 6.07) is 5.48. The van der Waals surface area contributed by atoms with Crippen molar-refractivity contribution in [3.8, 4) is 12.1 Å². The van der Waals surface area contributed by atoms with Crippen LogP contribution >= 0.6 is 37.2 Å². The van der Waals surface area contributed by atoms with Crippen molar-refractivity contribution in [1.29, 1.82) is 10.5 Å². The van der Waals surface area contributed by atoms with Crippen molar-refractivity contribution in [2.45, 2.75) is 55.4 Å². The van der Waals surface area contributed by atoms with Crippen LogP contribution in [0.3, 0.4) is 0 Å². The van der Waals surface area contributed by atoms with E-state index in [-0.39, 0.29) is 12.3 Å². The summed E-state index contributed by atoms with van der Waals surface area (Å²) >= 11 is 6.73. The number of nitrogens with one attached hydrogen (secondary N) is 1. The molecule has 0 spiro atoms. The zero-order valence-corrected chi connectivity index (χ0v) is 32.8. The third-order valence-corrected chi connectivity index (χ3v) is 8.50. The number of halogens is 2. The molecule has 0 aliphatic rings. The number of allylic oxidation sites excluding steroid dienone is 7. The molecule has 38 heavy (non-hydrogen) atoms. The number of hydrogen-bond acceptors (Lipinski definition) is 6. The molecule has 202 valence electrons. The Hall–Kier alpha value is -1.51. The van der Waals surface area contributed by atoms with Crippen LogP contribution in [0.4, 0.5) is 5.82 Å². The van der Waals surface area contributed by atoms with Crippen molar-refractivity contribution in [3.05, 3.63) is 68.8 Å². The number of rotatable bonds is 8. The first-order valence-corrected chi connectivity index (χ1v) is 20.0. The summed E-state index contributed by atoms with van der Waals surface area (Å²) in [5, 5.41) is 25.7. The van der Waals surface area contributed by atoms with Gasteiger partial charge in [0.1, 0.15) is 0 Å². The van der Waals surface area contributed by atoms with E-state index in [9.17, 15) is 0 Å². The zero-order valence-electron chi connectivity index (χ0n) is 22.6. The van der Waals surface area contributed by atoms with Gasteiger partial charge in [-0.05, 0) is 0 Å². The van der Waals surface area contributed by atoms with Crippen LogP contribution in [0.1, 0.15) is 61.1 Å². The Morgan fingerprint density at radius 2 is 1.58 bits per heavy atom. The number of nitriles is 2. The Kier molecular flexibility index (Phi) is 21.7. The minimum absolute atomic E-state index is 0.00945. The quantitative estimate of drug-likeness (QED) is 0.111. The monoisotopic (exact) mass is 1080 g/mol. The van der Waals surface area contributed by atoms with E-state index in [0.29, 0.717) is 11.5 Å². The molecule has 0 unspecified atom stereocenters. The van der Waals surface area contributed by atoms with Gasteiger partial charge >= 0.3 is 238 Å². The fourth-order valence-corrected chi connectivity index (χ4v) is 4.20. The summed E-state index contributed by atoms with van der Waals surface area (Å²) in [5.41, 5.74) is 16.0. The van der Waals surface area contributed by atoms with Crippen LogP contribution in [0.25, 0.3) is 4.85 Å². The van der Waals surface area contributed by atoms with Crippen molar-refractivity contribution < 1.29 is 38.7 Å². The Morgan fingerprint density at radius 1 is 1.08 bits per heavy atom. The molecule has 0 fully saturated rings. The van der Waals surface area contributed by atoms with Gasteiger partial charge in [-0.2, -0.15) is 0 Å². The Bertz CT molecular complexity index is 1290. The van der Waals surface area contributed by atoms with E-state index in [1.165, 1.54) is 38.7 Å². The fraction of sp³-hybridized carbons (Fsp3) is 0.346. The van der Waals surface area contributed by atoms with Gasteiger partial charge in [-0.15, -0.1) is 0 Å². The van der Waals surface area contributed by atoms with Crippen molar-refractivity contribution in [2.75, 3.05) is 12.3 Å². The maximum absolute atomic E-state index is 8.82. The molecule has 0 aliphatic heterocycles. The van der Waals surface area contributed by atoms with Crippen molar-refractivity contribution >= 4 is 56.8 Å². The molecule has 0 aliphatic carbocycles. The van der Waals surface area contributed by atoms with Gasteiger partial charge in [0.2, 0.25) is 0 Å². The molecule has 0 radical (unpaired) electrons. The first-order valence-electron chi connectivity index (χ1n) is 10.8. The van der Waals surface area contributed by atoms with Crippen LogP contribution in [0.5, 0.6) is 0 Å². The molecule has 1 aromatic heterocycles. The first-order chi connectivity index (χ1) is 17.9. The summed E-state index contributed by atoms with van der Waals surface area (Å²) in [7, 11) is 0. The molecule has 8 nitrogen and oxygen atoms in total. The molecular weight excluding hydrogens is 1050 g/mol. The second kappa shape index (κ2) is 21.3. The van der Waals surface area contributed by atoms with Crippen LogP contribution in [-0.2, 0) is 38.7 Å². The molecule has 0 atom stereocenters. The van der Waals surface area contributed by atoms with Gasteiger partial charge in [0, 0.05) is 37.2 Å². The van der Waals surface area contributed by atoms with Gasteiger partial charge in [0.15, 0.2) is 0 Å². The minimum atomic E-state index is 0.00945. The summed E-state index contributed by atoms with van der Waals surface area (Å²) in [6.07, 6.45) is 6.22. The number of aromatic nitrogens is 2. The zero-order chi connectivity index (χ0) is 30.0. The fourth-order valence-electron chi connectivity index (χ4n) is 2.41. The van der Waals surface area contributed by atoms with Crippen LogP contribution in [-0.4, -0.2) is 30.1 Å². The van der Waals surface area contributed by atoms with Crippen molar-refractivity contribution in [2.24, 2.45) is 5.10 Å². The van der Waals surface area contributed by atoms with Gasteiger partial charge < -0.3 is 0 Å². The van der Waals surface area contributed by atoms with Crippen LogP contribution < -0.4 is 11.2 Å². The summed E-state index contributed by atoms with van der Waals surface area (Å²) in [4.78, 5) is 3.13. The predicted molar refractivity (Wildman–Crippen MR) is 165 cm³/mol. The van der Waals surface area contributed by atoms with Crippen LogP contribution in [0.15, 0.2) is 44.6 Å². The third kappa shape index (κ3) is 13.0. The SMILES string of the molecule is C[C-]=C(C)C(C)=C(C)[C](=[W])n1nc(C#N)cc1N.II.[C-]#[N+]CC(C#N)=NN[C](=[W])C(C)=C(C)C(C)=[C-]C. The average Bonchev–Trinajstić information content (AvgIpc) is 3.33. The molecule has 0 saturated heterocycles. The summed E-state index contributed by atoms with van der Waals surface area (Å²) in [6.45, 7) is 22.6. The van der Waals surface area contributed by atoms with E-state index >= 15 is 0 Å². The standard InChI is InChI=1S/2C13H15N4.I2.2W/c1-5-9(2)11(4)10(3)8-17-13(15)6-12(7-14)16-17;1-6-10(2)12(4)11(3)8-16-17-13(7-14)9-15-5;1-2;;/h6H,15H2,1-4H3;16H,9H2,1-4H3;;;/q2*-1;;;. The topological polar surface area (TPSA) is 120 Å². The number of nitrogens with zero attached hydrogens (tertiary/aromatic N) is 6. The predicted octanol–water partition coefficient (Wildman–Crippen LogP) is 5.90. The Morgan fingerprint density at radius 3 is 1.97 bits per heavy atom. The molecule has 12 heteroatoms. The summed E-state index contributed by atoms with van der Waals surface area (Å²) < 4.78 is 3.58. The van der Waals surface area contributed by atoms with E-state index in [4.69, 9.17) is 22.8 Å². The van der Waals surface area contributed by atoms with E-state index in [0.717, 1.165) is 41.5 Å². The number of hydrazone groups is 1. The van der Waals surface area contributed by atoms with Crippen molar-refractivity contribution in [3.63, 3.8) is 0 Å². The molecule has 1 heterocycles. The van der Waals surface area contributed by atoms with Crippen molar-refractivity contribution in [1.82, 2.24) is 15.2 Å². The van der Waals surface area contributed by atoms with Gasteiger partial charge in [0.05, 0.1) is 0 Å². The Balaban J connectivity index is 0. The number of anilines is 1. The number of nitrogens with two attached hydrogens (primary N) is 1. The van der Waals surface area contributed by atoms with Crippen LogP contribution in [0.2, 0.25) is 0 Å². The molecule has 0 aromatic carbocycles. The second-order valence-electron chi connectivity index (χ2n) is 7.46. The molecule has 1 rings (SSSR count). The summed E-state index contributed by atoms with van der Waals surface area (Å²) in [5.74, 6) is 0.491. The normalized spacial score (nSPS) is 12.6. The maximum atomic E-state index is 8.82. The molecule has 3 N–H and O–H groups in total. The van der Waals surface area contributed by atoms with E-state index in [2.05, 4.69) is 76.8 Å². The van der Waals surface area contributed by atoms with E-state index in [1.807, 2.05) is 60.6 Å². The molecule has 0 bridgehead atoms. The molecule has 0 saturated carbocycles. The third-order valence-electron chi connectivity index (χ3n) is 5.36. The van der Waals surface area contributed by atoms with E-state index < -0.39 is 0 Å². The first kappa shape index (κ1) is 38.6. The van der Waals surface area contributed by atoms with Gasteiger partial charge in [0.25, 0.3) is 0 Å². The van der Waals surface area contributed by atoms with Crippen LogP contribution in [0, 0.1) is 41.4 Å². The van der Waals surface area contributed by atoms with Gasteiger partial charge in [-0.1, -0.05) is 0 Å². The number of hydrogen-bond donors (Lipinski definition) is 2. The molecular formula is C26H30I2N8W2-2. The van der Waals surface area contributed by atoms with Gasteiger partial charge in [-0.25, -0.2) is 0 Å². The number of nitrogen functional groups attached to an aromatic ring is 1. The molecule has 1 aromatic rings. The Labute approximate surface area is 272 Å². The average molecular weight is 1080 g/mol.